The third kappa shape index (κ3) is 4.78. The van der Waals surface area contributed by atoms with E-state index in [1.165, 1.54) is 12.3 Å². The second-order valence-electron chi connectivity index (χ2n) is 6.07. The van der Waals surface area contributed by atoms with E-state index in [2.05, 4.69) is 47.1 Å². The molecule has 3 rings (SSSR count). The number of rotatable bonds is 7. The Morgan fingerprint density at radius 3 is 2.67 bits per heavy atom. The van der Waals surface area contributed by atoms with Crippen molar-refractivity contribution in [3.05, 3.63) is 50.7 Å². The molecule has 0 radical (unpaired) electrons. The van der Waals surface area contributed by atoms with E-state index < -0.39 is 51.2 Å². The fourth-order valence-corrected chi connectivity index (χ4v) is 4.46. The van der Waals surface area contributed by atoms with Crippen molar-refractivity contribution in [3.8, 4) is 0 Å². The van der Waals surface area contributed by atoms with Gasteiger partial charge < -0.3 is 10.3 Å². The lowest BCUT2D eigenvalue weighted by Crippen LogP contribution is -2.21. The number of nitrogens with one attached hydrogen (secondary N) is 3. The predicted octanol–water partition coefficient (Wildman–Crippen LogP) is 4.72. The number of aromatic nitrogens is 2. The van der Waals surface area contributed by atoms with E-state index in [1.807, 2.05) is 4.72 Å². The number of carbonyl (C=O) groups is 1. The number of carbonyl (C=O) groups excluding carboxylic acids is 1. The summed E-state index contributed by atoms with van der Waals surface area (Å²) in [6.07, 6.45) is 1.00. The Balaban J connectivity index is 1.89. The van der Waals surface area contributed by atoms with Crippen LogP contribution in [0.4, 0.5) is 24.5 Å². The highest BCUT2D eigenvalue weighted by atomic mass is 79.9. The Morgan fingerprint density at radius 2 is 1.97 bits per heavy atom. The Labute approximate surface area is 185 Å². The Morgan fingerprint density at radius 1 is 1.23 bits per heavy atom. The fourth-order valence-electron chi connectivity index (χ4n) is 2.57. The zero-order valence-electron chi connectivity index (χ0n) is 14.9. The van der Waals surface area contributed by atoms with Crippen LogP contribution in [-0.4, -0.2) is 36.7 Å². The van der Waals surface area contributed by atoms with Crippen molar-refractivity contribution in [2.75, 3.05) is 22.5 Å². The van der Waals surface area contributed by atoms with Gasteiger partial charge in [-0.15, -0.1) is 0 Å². The average molecular weight is 570 g/mol. The number of fused-ring (bicyclic) bond motifs is 1. The third-order valence-electron chi connectivity index (χ3n) is 3.93. The van der Waals surface area contributed by atoms with Gasteiger partial charge in [0.15, 0.2) is 5.82 Å². The molecule has 2 aromatic heterocycles. The summed E-state index contributed by atoms with van der Waals surface area (Å²) in [7, 11) is -4.07. The van der Waals surface area contributed by atoms with Gasteiger partial charge in [0.2, 0.25) is 10.0 Å². The van der Waals surface area contributed by atoms with E-state index in [9.17, 15) is 26.4 Å². The number of benzene rings is 1. The summed E-state index contributed by atoms with van der Waals surface area (Å²) in [5.74, 6) is -4.30. The predicted molar refractivity (Wildman–Crippen MR) is 114 cm³/mol. The number of alkyl halides is 1. The summed E-state index contributed by atoms with van der Waals surface area (Å²) in [5, 5.41) is 2.94. The summed E-state index contributed by atoms with van der Waals surface area (Å²) >= 11 is 6.62. The van der Waals surface area contributed by atoms with E-state index in [0.29, 0.717) is 20.1 Å². The zero-order chi connectivity index (χ0) is 22.1. The highest BCUT2D eigenvalue weighted by molar-refractivity contribution is 9.13. The topological polar surface area (TPSA) is 104 Å². The highest BCUT2D eigenvalue weighted by Gasteiger charge is 2.23. The number of H-pyrrole nitrogens is 1. The minimum atomic E-state index is -4.07. The molecule has 0 atom stereocenters. The number of pyridine rings is 1. The molecular formula is C17H13Br2F3N4O3S. The van der Waals surface area contributed by atoms with Gasteiger partial charge in [-0.3, -0.25) is 13.9 Å². The van der Waals surface area contributed by atoms with Gasteiger partial charge in [0.1, 0.15) is 17.0 Å². The molecule has 0 spiro atoms. The molecule has 0 aliphatic carbocycles. The molecular weight excluding hydrogens is 557 g/mol. The molecule has 2 heterocycles. The van der Waals surface area contributed by atoms with Gasteiger partial charge in [-0.25, -0.2) is 22.2 Å². The second-order valence-corrected chi connectivity index (χ2v) is 9.50. The maximum Gasteiger partial charge on any atom is 0.261 e. The largest absolute Gasteiger partial charge is 0.333 e. The van der Waals surface area contributed by atoms with Crippen molar-refractivity contribution in [3.63, 3.8) is 0 Å². The molecule has 0 saturated carbocycles. The van der Waals surface area contributed by atoms with Crippen LogP contribution in [0.2, 0.25) is 0 Å². The standard InChI is InChI=1S/C17H13Br2F3N4O3S/c18-13-9-6-8(7-23-16(9)25-15(13)19)24-17(27)12-10(21)2-3-11(14(12)22)26-30(28,29)5-1-4-20/h2-3,6-7,26H,1,4-5H2,(H,23,25)(H,24,27). The summed E-state index contributed by atoms with van der Waals surface area (Å²) < 4.78 is 68.0. The quantitative estimate of drug-likeness (QED) is 0.383. The van der Waals surface area contributed by atoms with Crippen molar-refractivity contribution in [1.82, 2.24) is 9.97 Å². The van der Waals surface area contributed by atoms with Gasteiger partial charge in [0, 0.05) is 5.39 Å². The monoisotopic (exact) mass is 568 g/mol. The van der Waals surface area contributed by atoms with Gasteiger partial charge in [0.05, 0.1) is 39.1 Å². The van der Waals surface area contributed by atoms with Crippen LogP contribution in [0.25, 0.3) is 11.0 Å². The van der Waals surface area contributed by atoms with Crippen LogP contribution >= 0.6 is 31.9 Å². The zero-order valence-corrected chi connectivity index (χ0v) is 18.9. The van der Waals surface area contributed by atoms with E-state index >= 15 is 0 Å². The molecule has 0 unspecified atom stereocenters. The van der Waals surface area contributed by atoms with E-state index in [-0.39, 0.29) is 12.1 Å². The van der Waals surface area contributed by atoms with Gasteiger partial charge in [0.25, 0.3) is 5.91 Å². The summed E-state index contributed by atoms with van der Waals surface area (Å²) in [5.41, 5.74) is -0.928. The molecule has 3 aromatic rings. The Hall–Kier alpha value is -2.12. The van der Waals surface area contributed by atoms with Gasteiger partial charge in [-0.2, -0.15) is 0 Å². The lowest BCUT2D eigenvalue weighted by Gasteiger charge is -2.12. The van der Waals surface area contributed by atoms with Crippen LogP contribution < -0.4 is 10.0 Å². The number of hydrogen-bond donors (Lipinski definition) is 3. The van der Waals surface area contributed by atoms with Crippen molar-refractivity contribution in [2.24, 2.45) is 0 Å². The number of aromatic amines is 1. The molecule has 0 saturated heterocycles. The molecule has 1 aromatic carbocycles. The summed E-state index contributed by atoms with van der Waals surface area (Å²) in [6, 6.07) is 3.13. The molecule has 1 amide bonds. The second kappa shape index (κ2) is 8.94. The maximum absolute atomic E-state index is 14.7. The van der Waals surface area contributed by atoms with Crippen LogP contribution in [0.15, 0.2) is 33.5 Å². The van der Waals surface area contributed by atoms with Gasteiger partial charge >= 0.3 is 0 Å². The van der Waals surface area contributed by atoms with E-state index in [0.717, 1.165) is 12.1 Å². The molecule has 160 valence electrons. The van der Waals surface area contributed by atoms with Crippen LogP contribution in [0, 0.1) is 11.6 Å². The molecule has 0 bridgehead atoms. The number of hydrogen-bond acceptors (Lipinski definition) is 4. The van der Waals surface area contributed by atoms with Crippen molar-refractivity contribution in [2.45, 2.75) is 6.42 Å². The SMILES string of the molecule is O=C(Nc1cnc2[nH]c(Br)c(Br)c2c1)c1c(F)ccc(NS(=O)(=O)CCCF)c1F. The Bertz CT molecular complexity index is 1230. The molecule has 7 nitrogen and oxygen atoms in total. The Kier molecular flexibility index (Phi) is 6.72. The highest BCUT2D eigenvalue weighted by Crippen LogP contribution is 2.32. The van der Waals surface area contributed by atoms with E-state index in [4.69, 9.17) is 0 Å². The van der Waals surface area contributed by atoms with Gasteiger partial charge in [-0.05, 0) is 56.5 Å². The lowest BCUT2D eigenvalue weighted by molar-refractivity contribution is 0.101. The van der Waals surface area contributed by atoms with Crippen LogP contribution in [0.1, 0.15) is 16.8 Å². The molecule has 13 heteroatoms. The van der Waals surface area contributed by atoms with Crippen LogP contribution in [-0.2, 0) is 10.0 Å². The first kappa shape index (κ1) is 22.6. The average Bonchev–Trinajstić information content (AvgIpc) is 2.96. The number of amides is 1. The summed E-state index contributed by atoms with van der Waals surface area (Å²) in [4.78, 5) is 19.5. The number of halogens is 5. The number of nitrogens with zero attached hydrogens (tertiary/aromatic N) is 1. The third-order valence-corrected chi connectivity index (χ3v) is 7.24. The van der Waals surface area contributed by atoms with Crippen molar-refractivity contribution < 1.29 is 26.4 Å². The smallest absolute Gasteiger partial charge is 0.261 e. The van der Waals surface area contributed by atoms with Crippen molar-refractivity contribution in [1.29, 1.82) is 0 Å². The van der Waals surface area contributed by atoms with Crippen molar-refractivity contribution >= 4 is 70.2 Å². The van der Waals surface area contributed by atoms with Gasteiger partial charge in [-0.1, -0.05) is 0 Å². The molecule has 0 fully saturated rings. The van der Waals surface area contributed by atoms with Crippen LogP contribution in [0.3, 0.4) is 0 Å². The maximum atomic E-state index is 14.7. The lowest BCUT2D eigenvalue weighted by atomic mass is 10.1. The first-order chi connectivity index (χ1) is 14.1. The molecule has 3 N–H and O–H groups in total. The first-order valence-corrected chi connectivity index (χ1v) is 11.6. The number of sulfonamides is 1. The summed E-state index contributed by atoms with van der Waals surface area (Å²) in [6.45, 7) is -0.868. The minimum Gasteiger partial charge on any atom is -0.333 e. The minimum absolute atomic E-state index is 0.160. The molecule has 30 heavy (non-hydrogen) atoms. The normalized spacial score (nSPS) is 11.6. The molecule has 0 aliphatic rings. The number of anilines is 2. The van der Waals surface area contributed by atoms with Crippen LogP contribution in [0.5, 0.6) is 0 Å². The van der Waals surface area contributed by atoms with E-state index in [1.54, 1.807) is 0 Å². The first-order valence-electron chi connectivity index (χ1n) is 8.31. The molecule has 0 aliphatic heterocycles. The fraction of sp³-hybridized carbons (Fsp3) is 0.176.